The van der Waals surface area contributed by atoms with Gasteiger partial charge in [-0.05, 0) is 51.0 Å². The Balaban J connectivity index is 1.63. The van der Waals surface area contributed by atoms with E-state index in [1.807, 2.05) is 50.5 Å². The van der Waals surface area contributed by atoms with Crippen LogP contribution in [0.25, 0.3) is 0 Å². The largest absolute Gasteiger partial charge is 0.486 e. The van der Waals surface area contributed by atoms with Crippen molar-refractivity contribution in [3.05, 3.63) is 57.4 Å². The fourth-order valence-electron chi connectivity index (χ4n) is 3.20. The Labute approximate surface area is 185 Å². The summed E-state index contributed by atoms with van der Waals surface area (Å²) in [6.45, 7) is 9.04. The van der Waals surface area contributed by atoms with Gasteiger partial charge in [-0.15, -0.1) is 10.2 Å². The first kappa shape index (κ1) is 22.6. The number of amides is 1. The van der Waals surface area contributed by atoms with Crippen LogP contribution >= 0.6 is 11.3 Å². The van der Waals surface area contributed by atoms with Gasteiger partial charge < -0.3 is 14.0 Å². The van der Waals surface area contributed by atoms with Gasteiger partial charge in [-0.3, -0.25) is 14.9 Å². The van der Waals surface area contributed by atoms with Gasteiger partial charge in [0.15, 0.2) is 5.01 Å². The Bertz CT molecular complexity index is 1100. The summed E-state index contributed by atoms with van der Waals surface area (Å²) in [6, 6.07) is 7.69. The molecule has 1 amide bonds. The smallest absolute Gasteiger partial charge is 0.298 e. The predicted octanol–water partition coefficient (Wildman–Crippen LogP) is 3.62. The third kappa shape index (κ3) is 5.36. The quantitative estimate of drug-likeness (QED) is 0.402. The van der Waals surface area contributed by atoms with Gasteiger partial charge >= 0.3 is 0 Å². The molecule has 2 heterocycles. The summed E-state index contributed by atoms with van der Waals surface area (Å²) in [5.74, 6) is -0.579. The molecular weight excluding hydrogens is 416 g/mol. The van der Waals surface area contributed by atoms with Crippen molar-refractivity contribution in [1.29, 1.82) is 0 Å². The second kappa shape index (κ2) is 9.84. The van der Waals surface area contributed by atoms with Crippen LogP contribution in [0.5, 0.6) is 5.75 Å². The maximum absolute atomic E-state index is 12.7. The number of ketones is 1. The lowest BCUT2D eigenvalue weighted by Gasteiger charge is -2.08. The normalized spacial score (nSPS) is 10.9. The summed E-state index contributed by atoms with van der Waals surface area (Å²) in [4.78, 5) is 25.2. The van der Waals surface area contributed by atoms with Crippen LogP contribution in [0.2, 0.25) is 0 Å². The number of ether oxygens (including phenoxy) is 2. The molecule has 0 radical (unpaired) electrons. The zero-order valence-corrected chi connectivity index (χ0v) is 19.1. The average molecular weight is 443 g/mol. The van der Waals surface area contributed by atoms with Gasteiger partial charge in [0.1, 0.15) is 12.4 Å². The Kier molecular flexibility index (Phi) is 7.19. The number of nitrogens with zero attached hydrogens (tertiary/aromatic N) is 3. The van der Waals surface area contributed by atoms with Crippen LogP contribution in [0.3, 0.4) is 0 Å². The molecule has 0 saturated carbocycles. The first-order valence-electron chi connectivity index (χ1n) is 9.84. The van der Waals surface area contributed by atoms with E-state index in [2.05, 4.69) is 15.5 Å². The minimum Gasteiger partial charge on any atom is -0.486 e. The zero-order chi connectivity index (χ0) is 22.5. The number of Topliss-reactive ketones (excluding diaryl/α,β-unsaturated/α-hetero) is 1. The van der Waals surface area contributed by atoms with Crippen molar-refractivity contribution in [2.75, 3.05) is 19.0 Å². The zero-order valence-electron chi connectivity index (χ0n) is 18.3. The van der Waals surface area contributed by atoms with E-state index in [-0.39, 0.29) is 11.7 Å². The van der Waals surface area contributed by atoms with Crippen LogP contribution in [0.15, 0.2) is 24.3 Å². The maximum atomic E-state index is 12.7. The minimum atomic E-state index is -0.745. The third-order valence-electron chi connectivity index (χ3n) is 4.93. The summed E-state index contributed by atoms with van der Waals surface area (Å²) in [6.07, 6.45) is 0. The number of nitrogens with one attached hydrogen (secondary N) is 1. The monoisotopic (exact) mass is 442 g/mol. The lowest BCUT2D eigenvalue weighted by Crippen LogP contribution is -2.23. The van der Waals surface area contributed by atoms with Crippen molar-refractivity contribution in [3.63, 3.8) is 0 Å². The molecule has 164 valence electrons. The molecule has 0 atom stereocenters. The number of carbonyl (C=O) groups is 2. The minimum absolute atomic E-state index is 0.229. The predicted molar refractivity (Wildman–Crippen MR) is 119 cm³/mol. The SMILES string of the molecule is COCCn1c(C)cc(C(=O)C(=O)Nc2nnc(COc3cc(C)ccc3C)s2)c1C. The second-order valence-corrected chi connectivity index (χ2v) is 8.33. The lowest BCUT2D eigenvalue weighted by atomic mass is 10.1. The van der Waals surface area contributed by atoms with E-state index >= 15 is 0 Å². The highest BCUT2D eigenvalue weighted by Crippen LogP contribution is 2.23. The highest BCUT2D eigenvalue weighted by atomic mass is 32.1. The molecule has 0 unspecified atom stereocenters. The molecule has 0 aliphatic carbocycles. The number of aryl methyl sites for hydroxylation is 3. The number of aromatic nitrogens is 3. The van der Waals surface area contributed by atoms with Crippen molar-refractivity contribution >= 4 is 28.2 Å². The molecule has 0 saturated heterocycles. The molecule has 0 aliphatic heterocycles. The van der Waals surface area contributed by atoms with Gasteiger partial charge in [-0.1, -0.05) is 23.5 Å². The first-order chi connectivity index (χ1) is 14.8. The van der Waals surface area contributed by atoms with Gasteiger partial charge in [0.2, 0.25) is 5.13 Å². The summed E-state index contributed by atoms with van der Waals surface area (Å²) < 4.78 is 12.9. The van der Waals surface area contributed by atoms with Gasteiger partial charge in [0.25, 0.3) is 11.7 Å². The summed E-state index contributed by atoms with van der Waals surface area (Å²) in [7, 11) is 1.62. The van der Waals surface area contributed by atoms with Gasteiger partial charge in [-0.25, -0.2) is 0 Å². The fourth-order valence-corrected chi connectivity index (χ4v) is 3.85. The topological polar surface area (TPSA) is 95.3 Å². The molecule has 3 rings (SSSR count). The third-order valence-corrected chi connectivity index (χ3v) is 5.74. The summed E-state index contributed by atoms with van der Waals surface area (Å²) in [5.41, 5.74) is 4.12. The average Bonchev–Trinajstić information content (AvgIpc) is 3.30. The van der Waals surface area contributed by atoms with Crippen LogP contribution in [0.4, 0.5) is 5.13 Å². The molecule has 31 heavy (non-hydrogen) atoms. The van der Waals surface area contributed by atoms with Crippen molar-refractivity contribution in [1.82, 2.24) is 14.8 Å². The number of benzene rings is 1. The summed E-state index contributed by atoms with van der Waals surface area (Å²) in [5, 5.41) is 11.4. The van der Waals surface area contributed by atoms with Gasteiger partial charge in [-0.2, -0.15) is 0 Å². The molecule has 0 fully saturated rings. The molecule has 0 spiro atoms. The number of anilines is 1. The lowest BCUT2D eigenvalue weighted by molar-refractivity contribution is -0.112. The molecule has 1 N–H and O–H groups in total. The Morgan fingerprint density at radius 1 is 1.13 bits per heavy atom. The number of hydrogen-bond acceptors (Lipinski definition) is 7. The van der Waals surface area contributed by atoms with Crippen LogP contribution in [0, 0.1) is 27.7 Å². The van der Waals surface area contributed by atoms with E-state index < -0.39 is 11.7 Å². The molecule has 0 aliphatic rings. The molecule has 1 aromatic carbocycles. The van der Waals surface area contributed by atoms with Gasteiger partial charge in [0.05, 0.1) is 6.61 Å². The Morgan fingerprint density at radius 2 is 1.90 bits per heavy atom. The second-order valence-electron chi connectivity index (χ2n) is 7.27. The Hall–Kier alpha value is -3.04. The van der Waals surface area contributed by atoms with E-state index in [0.717, 1.165) is 28.3 Å². The molecule has 2 aromatic heterocycles. The van der Waals surface area contributed by atoms with Gasteiger partial charge in [0, 0.05) is 30.6 Å². The standard InChI is InChI=1S/C22H26N4O4S/c1-13-6-7-14(2)18(10-13)30-12-19-24-25-22(31-19)23-21(28)20(27)17-11-15(3)26(16(17)4)8-9-29-5/h6-7,10-11H,8-9,12H2,1-5H3,(H,23,25,28). The van der Waals surface area contributed by atoms with Crippen molar-refractivity contribution in [3.8, 4) is 5.75 Å². The van der Waals surface area contributed by atoms with E-state index in [4.69, 9.17) is 9.47 Å². The van der Waals surface area contributed by atoms with E-state index in [1.54, 1.807) is 13.2 Å². The highest BCUT2D eigenvalue weighted by Gasteiger charge is 2.23. The molecule has 9 heteroatoms. The first-order valence-corrected chi connectivity index (χ1v) is 10.7. The van der Waals surface area contributed by atoms with Crippen molar-refractivity contribution < 1.29 is 19.1 Å². The number of rotatable bonds is 9. The summed E-state index contributed by atoms with van der Waals surface area (Å²) >= 11 is 1.17. The van der Waals surface area contributed by atoms with Crippen LogP contribution in [0.1, 0.15) is 37.9 Å². The molecule has 3 aromatic rings. The number of methoxy groups -OCH3 is 1. The molecule has 0 bridgehead atoms. The van der Waals surface area contributed by atoms with Crippen LogP contribution < -0.4 is 10.1 Å². The van der Waals surface area contributed by atoms with Crippen LogP contribution in [-0.4, -0.2) is 40.2 Å². The maximum Gasteiger partial charge on any atom is 0.298 e. The number of carbonyl (C=O) groups excluding carboxylic acids is 2. The van der Waals surface area contributed by atoms with E-state index in [1.165, 1.54) is 11.3 Å². The highest BCUT2D eigenvalue weighted by molar-refractivity contribution is 7.15. The molecule has 8 nitrogen and oxygen atoms in total. The van der Waals surface area contributed by atoms with Crippen molar-refractivity contribution in [2.45, 2.75) is 40.8 Å². The fraction of sp³-hybridized carbons (Fsp3) is 0.364. The van der Waals surface area contributed by atoms with E-state index in [9.17, 15) is 9.59 Å². The number of hydrogen-bond donors (Lipinski definition) is 1. The Morgan fingerprint density at radius 3 is 2.65 bits per heavy atom. The van der Waals surface area contributed by atoms with E-state index in [0.29, 0.717) is 23.7 Å². The molecular formula is C22H26N4O4S. The van der Waals surface area contributed by atoms with Crippen LogP contribution in [-0.2, 0) is 22.7 Å². The van der Waals surface area contributed by atoms with Crippen molar-refractivity contribution in [2.24, 2.45) is 0 Å².